The average molecular weight is 386 g/mol. The van der Waals surface area contributed by atoms with Crippen LogP contribution in [0.4, 0.5) is 4.79 Å². The molecular formula is C15H21BBrNO5. The minimum atomic E-state index is -1.09. The van der Waals surface area contributed by atoms with E-state index in [9.17, 15) is 9.82 Å². The van der Waals surface area contributed by atoms with Crippen LogP contribution in [0.15, 0.2) is 16.6 Å². The van der Waals surface area contributed by atoms with Gasteiger partial charge in [0.15, 0.2) is 0 Å². The Kier molecular flexibility index (Phi) is 5.59. The normalized spacial score (nSPS) is 17.0. The number of halogens is 1. The molecule has 0 radical (unpaired) electrons. The maximum absolute atomic E-state index is 11.8. The number of amides is 1. The fourth-order valence-electron chi connectivity index (χ4n) is 2.39. The van der Waals surface area contributed by atoms with Gasteiger partial charge in [0.25, 0.3) is 0 Å². The van der Waals surface area contributed by atoms with Gasteiger partial charge in [-0.15, -0.1) is 0 Å². The van der Waals surface area contributed by atoms with Crippen molar-refractivity contribution in [2.45, 2.75) is 39.4 Å². The van der Waals surface area contributed by atoms with Gasteiger partial charge in [0, 0.05) is 16.5 Å². The van der Waals surface area contributed by atoms with Crippen molar-refractivity contribution in [2.75, 3.05) is 13.2 Å². The molecule has 2 rings (SSSR count). The molecule has 6 nitrogen and oxygen atoms in total. The standard InChI is InChI=1S/C15H21BBrNO5/c1-5-21-10-7-6-9(17)12-11(23-16(20)13(10)12)8-18-14(19)22-15(2,3)4/h6-7,11,20H,5,8H2,1-4H3,(H,18,19)/t11-/m1/s1. The Morgan fingerprint density at radius 1 is 1.48 bits per heavy atom. The zero-order valence-electron chi connectivity index (χ0n) is 13.7. The van der Waals surface area contributed by atoms with E-state index in [0.29, 0.717) is 17.8 Å². The summed E-state index contributed by atoms with van der Waals surface area (Å²) in [6, 6.07) is 3.62. The molecule has 1 aromatic carbocycles. The minimum Gasteiger partial charge on any atom is -0.494 e. The number of hydrogen-bond acceptors (Lipinski definition) is 5. The number of benzene rings is 1. The summed E-state index contributed by atoms with van der Waals surface area (Å²) < 4.78 is 17.1. The third-order valence-electron chi connectivity index (χ3n) is 3.19. The van der Waals surface area contributed by atoms with Crippen molar-refractivity contribution >= 4 is 34.6 Å². The summed E-state index contributed by atoms with van der Waals surface area (Å²) in [6.45, 7) is 7.93. The Morgan fingerprint density at radius 3 is 2.78 bits per heavy atom. The molecule has 1 amide bonds. The topological polar surface area (TPSA) is 77.0 Å². The third kappa shape index (κ3) is 4.40. The second-order valence-electron chi connectivity index (χ2n) is 6.17. The Bertz CT molecular complexity index is 590. The number of fused-ring (bicyclic) bond motifs is 1. The van der Waals surface area contributed by atoms with Crippen LogP contribution in [-0.2, 0) is 9.39 Å². The van der Waals surface area contributed by atoms with Gasteiger partial charge in [-0.2, -0.15) is 0 Å². The predicted octanol–water partition coefficient (Wildman–Crippen LogP) is 2.13. The SMILES string of the molecule is CCOc1ccc(Br)c2c1B(O)O[C@@H]2CNC(=O)OC(C)(C)C. The summed E-state index contributed by atoms with van der Waals surface area (Å²) in [5.41, 5.74) is 0.803. The summed E-state index contributed by atoms with van der Waals surface area (Å²) in [5, 5.41) is 12.8. The Morgan fingerprint density at radius 2 is 2.17 bits per heavy atom. The highest BCUT2D eigenvalue weighted by Crippen LogP contribution is 2.33. The summed E-state index contributed by atoms with van der Waals surface area (Å²) >= 11 is 3.47. The van der Waals surface area contributed by atoms with E-state index in [0.717, 1.165) is 10.0 Å². The lowest BCUT2D eigenvalue weighted by atomic mass is 9.78. The first-order valence-electron chi connectivity index (χ1n) is 7.48. The van der Waals surface area contributed by atoms with E-state index in [1.54, 1.807) is 26.8 Å². The van der Waals surface area contributed by atoms with Crippen molar-refractivity contribution in [3.8, 4) is 5.75 Å². The molecule has 1 aliphatic heterocycles. The Labute approximate surface area is 144 Å². The molecule has 126 valence electrons. The third-order valence-corrected chi connectivity index (χ3v) is 3.88. The van der Waals surface area contributed by atoms with Crippen molar-refractivity contribution in [2.24, 2.45) is 0 Å². The van der Waals surface area contributed by atoms with Crippen LogP contribution in [0, 0.1) is 0 Å². The van der Waals surface area contributed by atoms with Gasteiger partial charge in [0.1, 0.15) is 11.4 Å². The maximum Gasteiger partial charge on any atom is 0.495 e. The van der Waals surface area contributed by atoms with Crippen LogP contribution < -0.4 is 15.5 Å². The first-order valence-corrected chi connectivity index (χ1v) is 8.27. The van der Waals surface area contributed by atoms with Crippen LogP contribution in [0.3, 0.4) is 0 Å². The summed E-state index contributed by atoms with van der Waals surface area (Å²) in [7, 11) is -1.09. The van der Waals surface area contributed by atoms with E-state index in [4.69, 9.17) is 14.1 Å². The first-order chi connectivity index (χ1) is 10.7. The molecule has 0 spiro atoms. The van der Waals surface area contributed by atoms with E-state index in [1.165, 1.54) is 0 Å². The van der Waals surface area contributed by atoms with Crippen LogP contribution in [0.2, 0.25) is 0 Å². The van der Waals surface area contributed by atoms with Crippen molar-refractivity contribution in [1.82, 2.24) is 5.32 Å². The molecular weight excluding hydrogens is 365 g/mol. The molecule has 1 atom stereocenters. The van der Waals surface area contributed by atoms with Gasteiger partial charge >= 0.3 is 13.2 Å². The largest absolute Gasteiger partial charge is 0.495 e. The lowest BCUT2D eigenvalue weighted by Crippen LogP contribution is -2.35. The number of carbonyl (C=O) groups excluding carboxylic acids is 1. The monoisotopic (exact) mass is 385 g/mol. The second-order valence-corrected chi connectivity index (χ2v) is 7.02. The zero-order valence-corrected chi connectivity index (χ0v) is 15.3. The van der Waals surface area contributed by atoms with Gasteiger partial charge in [-0.3, -0.25) is 0 Å². The van der Waals surface area contributed by atoms with Crippen LogP contribution in [0.1, 0.15) is 39.4 Å². The lowest BCUT2D eigenvalue weighted by Gasteiger charge is -2.21. The summed E-state index contributed by atoms with van der Waals surface area (Å²) in [4.78, 5) is 11.8. The summed E-state index contributed by atoms with van der Waals surface area (Å²) in [6.07, 6.45) is -1.01. The molecule has 8 heteroatoms. The van der Waals surface area contributed by atoms with E-state index >= 15 is 0 Å². The predicted molar refractivity (Wildman–Crippen MR) is 91.0 cm³/mol. The number of alkyl carbamates (subject to hydrolysis) is 1. The highest BCUT2D eigenvalue weighted by Gasteiger charge is 2.39. The van der Waals surface area contributed by atoms with Crippen LogP contribution in [0.5, 0.6) is 5.75 Å². The van der Waals surface area contributed by atoms with Gasteiger partial charge in [0.2, 0.25) is 0 Å². The molecule has 1 heterocycles. The molecule has 0 bridgehead atoms. The van der Waals surface area contributed by atoms with Crippen molar-refractivity contribution in [3.63, 3.8) is 0 Å². The number of ether oxygens (including phenoxy) is 2. The van der Waals surface area contributed by atoms with E-state index < -0.39 is 24.9 Å². The average Bonchev–Trinajstić information content (AvgIpc) is 2.76. The van der Waals surface area contributed by atoms with E-state index in [1.807, 2.05) is 13.0 Å². The van der Waals surface area contributed by atoms with Crippen molar-refractivity contribution in [3.05, 3.63) is 22.2 Å². The molecule has 0 saturated carbocycles. The Hall–Kier alpha value is -1.25. The quantitative estimate of drug-likeness (QED) is 0.776. The molecule has 0 saturated heterocycles. The smallest absolute Gasteiger partial charge is 0.494 e. The maximum atomic E-state index is 11.8. The van der Waals surface area contributed by atoms with Gasteiger partial charge < -0.3 is 24.5 Å². The summed E-state index contributed by atoms with van der Waals surface area (Å²) in [5.74, 6) is 0.581. The molecule has 1 aromatic rings. The molecule has 1 aliphatic rings. The molecule has 0 fully saturated rings. The van der Waals surface area contributed by atoms with Crippen molar-refractivity contribution < 1.29 is 23.9 Å². The van der Waals surface area contributed by atoms with E-state index in [2.05, 4.69) is 21.2 Å². The molecule has 0 aliphatic carbocycles. The minimum absolute atomic E-state index is 0.188. The van der Waals surface area contributed by atoms with Crippen molar-refractivity contribution in [1.29, 1.82) is 0 Å². The zero-order chi connectivity index (χ0) is 17.2. The fourth-order valence-corrected chi connectivity index (χ4v) is 2.99. The molecule has 23 heavy (non-hydrogen) atoms. The fraction of sp³-hybridized carbons (Fsp3) is 0.533. The van der Waals surface area contributed by atoms with Gasteiger partial charge in [-0.25, -0.2) is 4.79 Å². The van der Waals surface area contributed by atoms with Crippen LogP contribution in [-0.4, -0.2) is 37.0 Å². The van der Waals surface area contributed by atoms with Gasteiger partial charge in [0.05, 0.1) is 12.7 Å². The lowest BCUT2D eigenvalue weighted by molar-refractivity contribution is 0.0498. The molecule has 0 aromatic heterocycles. The van der Waals surface area contributed by atoms with Gasteiger partial charge in [-0.05, 0) is 45.4 Å². The first kappa shape index (κ1) is 18.1. The Balaban J connectivity index is 2.14. The number of nitrogens with one attached hydrogen (secondary N) is 1. The highest BCUT2D eigenvalue weighted by molar-refractivity contribution is 9.10. The highest BCUT2D eigenvalue weighted by atomic mass is 79.9. The van der Waals surface area contributed by atoms with Crippen LogP contribution in [0.25, 0.3) is 0 Å². The number of carbonyl (C=O) groups is 1. The van der Waals surface area contributed by atoms with E-state index in [-0.39, 0.29) is 6.54 Å². The van der Waals surface area contributed by atoms with Gasteiger partial charge in [-0.1, -0.05) is 15.9 Å². The number of hydrogen-bond donors (Lipinski definition) is 2. The second kappa shape index (κ2) is 7.11. The molecule has 2 N–H and O–H groups in total. The van der Waals surface area contributed by atoms with Crippen LogP contribution >= 0.6 is 15.9 Å². The number of rotatable bonds is 4. The molecule has 0 unspecified atom stereocenters.